The van der Waals surface area contributed by atoms with Crippen LogP contribution in [0.2, 0.25) is 0 Å². The van der Waals surface area contributed by atoms with Crippen LogP contribution < -0.4 is 10.1 Å². The van der Waals surface area contributed by atoms with E-state index >= 15 is 0 Å². The summed E-state index contributed by atoms with van der Waals surface area (Å²) >= 11 is 0. The number of ether oxygens (including phenoxy) is 1. The van der Waals surface area contributed by atoms with Gasteiger partial charge in [0.15, 0.2) is 0 Å². The number of rotatable bonds is 5. The van der Waals surface area contributed by atoms with Gasteiger partial charge in [-0.25, -0.2) is 4.98 Å². The molecule has 0 aliphatic rings. The van der Waals surface area contributed by atoms with Crippen LogP contribution in [0.4, 0.5) is 0 Å². The van der Waals surface area contributed by atoms with Gasteiger partial charge in [0, 0.05) is 18.3 Å². The van der Waals surface area contributed by atoms with Gasteiger partial charge in [0.25, 0.3) is 0 Å². The van der Waals surface area contributed by atoms with Crippen LogP contribution in [0.15, 0.2) is 12.3 Å². The second-order valence-electron chi connectivity index (χ2n) is 5.57. The van der Waals surface area contributed by atoms with Crippen LogP contribution in [0.25, 0.3) is 0 Å². The van der Waals surface area contributed by atoms with Crippen LogP contribution in [0.5, 0.6) is 5.88 Å². The minimum Gasteiger partial charge on any atom is -0.474 e. The first-order chi connectivity index (χ1) is 8.81. The molecule has 0 aromatic carbocycles. The number of nitrogens with one attached hydrogen (secondary N) is 1. The topological polar surface area (TPSA) is 78.2 Å². The molecule has 0 unspecified atom stereocenters. The van der Waals surface area contributed by atoms with Crippen LogP contribution in [-0.2, 0) is 0 Å². The highest BCUT2D eigenvalue weighted by atomic mass is 16.5. The van der Waals surface area contributed by atoms with Crippen molar-refractivity contribution in [1.82, 2.24) is 10.3 Å². The van der Waals surface area contributed by atoms with E-state index in [1.807, 2.05) is 33.8 Å². The molecular formula is C14H21N3O2. The molecular weight excluding hydrogens is 242 g/mol. The Labute approximate surface area is 114 Å². The number of hydrogen-bond acceptors (Lipinski definition) is 5. The number of aromatic nitrogens is 1. The van der Waals surface area contributed by atoms with Crippen molar-refractivity contribution in [1.29, 1.82) is 5.26 Å². The molecule has 2 N–H and O–H groups in total. The highest BCUT2D eigenvalue weighted by Gasteiger charge is 2.13. The number of nitriles is 1. The van der Waals surface area contributed by atoms with Crippen molar-refractivity contribution in [3.8, 4) is 11.9 Å². The van der Waals surface area contributed by atoms with Crippen LogP contribution in [-0.4, -0.2) is 34.9 Å². The van der Waals surface area contributed by atoms with E-state index in [4.69, 9.17) is 10.00 Å². The summed E-state index contributed by atoms with van der Waals surface area (Å²) in [6.07, 6.45) is 0.990. The molecule has 5 heteroatoms. The van der Waals surface area contributed by atoms with Crippen LogP contribution in [0.1, 0.15) is 31.9 Å². The van der Waals surface area contributed by atoms with E-state index in [2.05, 4.69) is 10.3 Å². The lowest BCUT2D eigenvalue weighted by atomic mass is 10.1. The summed E-state index contributed by atoms with van der Waals surface area (Å²) in [6, 6.07) is 3.74. The Morgan fingerprint density at radius 1 is 1.53 bits per heavy atom. The lowest BCUT2D eigenvalue weighted by Gasteiger charge is -2.22. The molecule has 1 aromatic rings. The zero-order valence-electron chi connectivity index (χ0n) is 11.9. The molecule has 19 heavy (non-hydrogen) atoms. The van der Waals surface area contributed by atoms with E-state index in [9.17, 15) is 5.11 Å². The highest BCUT2D eigenvalue weighted by Crippen LogP contribution is 2.15. The quantitative estimate of drug-likeness (QED) is 0.839. The molecule has 0 aliphatic carbocycles. The third-order valence-corrected chi connectivity index (χ3v) is 2.39. The number of β-amino-alcohol motifs (C(OH)–C–C–N with tert-alkyl or cyclic N) is 1. The van der Waals surface area contributed by atoms with Crippen LogP contribution >= 0.6 is 0 Å². The molecule has 0 radical (unpaired) electrons. The predicted molar refractivity (Wildman–Crippen MR) is 72.9 cm³/mol. The Bertz CT molecular complexity index is 461. The van der Waals surface area contributed by atoms with Crippen molar-refractivity contribution in [2.45, 2.75) is 39.3 Å². The number of nitrogens with zero attached hydrogens (tertiary/aromatic N) is 2. The Balaban J connectivity index is 2.51. The standard InChI is InChI=1S/C14H21N3O2/c1-10-5-11(6-15)13(16-7-10)19-9-12(18)8-17-14(2,3)4/h5,7,12,17-18H,8-9H2,1-4H3/t12-/m0/s1. The van der Waals surface area contributed by atoms with E-state index < -0.39 is 6.10 Å². The van der Waals surface area contributed by atoms with Crippen molar-refractivity contribution in [2.75, 3.05) is 13.2 Å². The largest absolute Gasteiger partial charge is 0.474 e. The number of aliphatic hydroxyl groups is 1. The average molecular weight is 263 g/mol. The van der Waals surface area contributed by atoms with E-state index in [0.717, 1.165) is 5.56 Å². The second kappa shape index (κ2) is 6.50. The molecule has 0 spiro atoms. The van der Waals surface area contributed by atoms with Crippen LogP contribution in [0, 0.1) is 18.3 Å². The van der Waals surface area contributed by atoms with Gasteiger partial charge in [-0.1, -0.05) is 0 Å². The van der Waals surface area contributed by atoms with Gasteiger partial charge in [0.05, 0.1) is 0 Å². The molecule has 1 atom stereocenters. The van der Waals surface area contributed by atoms with Gasteiger partial charge >= 0.3 is 0 Å². The first-order valence-electron chi connectivity index (χ1n) is 6.24. The van der Waals surface area contributed by atoms with Crippen molar-refractivity contribution in [2.24, 2.45) is 0 Å². The monoisotopic (exact) mass is 263 g/mol. The summed E-state index contributed by atoms with van der Waals surface area (Å²) in [5, 5.41) is 21.9. The number of hydrogen-bond donors (Lipinski definition) is 2. The molecule has 0 amide bonds. The molecule has 0 saturated carbocycles. The average Bonchev–Trinajstić information content (AvgIpc) is 2.33. The summed E-state index contributed by atoms with van der Waals surface area (Å²) in [6.45, 7) is 8.46. The number of aliphatic hydroxyl groups excluding tert-OH is 1. The molecule has 0 saturated heterocycles. The highest BCUT2D eigenvalue weighted by molar-refractivity contribution is 5.39. The van der Waals surface area contributed by atoms with Gasteiger partial charge in [0.2, 0.25) is 5.88 Å². The van der Waals surface area contributed by atoms with Gasteiger partial charge in [-0.3, -0.25) is 0 Å². The van der Waals surface area contributed by atoms with Gasteiger partial charge < -0.3 is 15.2 Å². The Morgan fingerprint density at radius 2 is 2.21 bits per heavy atom. The van der Waals surface area contributed by atoms with E-state index in [-0.39, 0.29) is 18.0 Å². The van der Waals surface area contributed by atoms with E-state index in [1.165, 1.54) is 0 Å². The van der Waals surface area contributed by atoms with E-state index in [1.54, 1.807) is 12.3 Å². The van der Waals surface area contributed by atoms with E-state index in [0.29, 0.717) is 12.1 Å². The lowest BCUT2D eigenvalue weighted by molar-refractivity contribution is 0.0976. The van der Waals surface area contributed by atoms with Crippen molar-refractivity contribution < 1.29 is 9.84 Å². The van der Waals surface area contributed by atoms with Crippen LogP contribution in [0.3, 0.4) is 0 Å². The number of aryl methyl sites for hydroxylation is 1. The summed E-state index contributed by atoms with van der Waals surface area (Å²) in [5.74, 6) is 0.267. The minimum atomic E-state index is -0.645. The first kappa shape index (κ1) is 15.4. The maximum atomic E-state index is 9.79. The summed E-state index contributed by atoms with van der Waals surface area (Å²) < 4.78 is 5.39. The summed E-state index contributed by atoms with van der Waals surface area (Å²) in [5.41, 5.74) is 1.23. The van der Waals surface area contributed by atoms with Gasteiger partial charge in [0.1, 0.15) is 24.3 Å². The van der Waals surface area contributed by atoms with Gasteiger partial charge in [-0.15, -0.1) is 0 Å². The SMILES string of the molecule is Cc1cnc(OC[C@@H](O)CNC(C)(C)C)c(C#N)c1. The lowest BCUT2D eigenvalue weighted by Crippen LogP contribution is -2.42. The third-order valence-electron chi connectivity index (χ3n) is 2.39. The maximum Gasteiger partial charge on any atom is 0.231 e. The fraction of sp³-hybridized carbons (Fsp3) is 0.571. The maximum absolute atomic E-state index is 9.79. The third kappa shape index (κ3) is 5.69. The zero-order chi connectivity index (χ0) is 14.5. The van der Waals surface area contributed by atoms with Crippen molar-refractivity contribution in [3.05, 3.63) is 23.4 Å². The predicted octanol–water partition coefficient (Wildman–Crippen LogP) is 1.39. The Hall–Kier alpha value is -1.64. The van der Waals surface area contributed by atoms with Crippen molar-refractivity contribution in [3.63, 3.8) is 0 Å². The Morgan fingerprint density at radius 3 is 2.79 bits per heavy atom. The minimum absolute atomic E-state index is 0.0547. The fourth-order valence-corrected chi connectivity index (χ4v) is 1.41. The van der Waals surface area contributed by atoms with Crippen molar-refractivity contribution >= 4 is 0 Å². The molecule has 0 fully saturated rings. The summed E-state index contributed by atoms with van der Waals surface area (Å²) in [7, 11) is 0. The first-order valence-corrected chi connectivity index (χ1v) is 6.24. The fourth-order valence-electron chi connectivity index (χ4n) is 1.41. The molecule has 1 aromatic heterocycles. The Kier molecular flexibility index (Phi) is 5.28. The molecule has 1 heterocycles. The molecule has 5 nitrogen and oxygen atoms in total. The molecule has 0 bridgehead atoms. The van der Waals surface area contributed by atoms with Gasteiger partial charge in [-0.05, 0) is 39.3 Å². The summed E-state index contributed by atoms with van der Waals surface area (Å²) in [4.78, 5) is 4.05. The van der Waals surface area contributed by atoms with Gasteiger partial charge in [-0.2, -0.15) is 5.26 Å². The molecule has 1 rings (SSSR count). The molecule has 0 aliphatic heterocycles. The second-order valence-corrected chi connectivity index (χ2v) is 5.57. The number of pyridine rings is 1. The molecule has 104 valence electrons. The zero-order valence-corrected chi connectivity index (χ0v) is 11.9. The smallest absolute Gasteiger partial charge is 0.231 e. The normalized spacial score (nSPS) is 12.8.